The van der Waals surface area contributed by atoms with Crippen LogP contribution in [0.15, 0.2) is 24.3 Å². The Morgan fingerprint density at radius 3 is 2.83 bits per heavy atom. The number of nitrogens with zero attached hydrogens (tertiary/aromatic N) is 1. The maximum Gasteiger partial charge on any atom is 0.234 e. The van der Waals surface area contributed by atoms with E-state index >= 15 is 0 Å². The van der Waals surface area contributed by atoms with Gasteiger partial charge in [0.2, 0.25) is 5.91 Å². The minimum atomic E-state index is -0.124. The maximum absolute atomic E-state index is 12.7. The summed E-state index contributed by atoms with van der Waals surface area (Å²) in [4.78, 5) is 14.7. The van der Waals surface area contributed by atoms with E-state index in [0.29, 0.717) is 5.91 Å². The standard InChI is InChI=1S/C15H20N2O/c1-12-5-2-3-6-13(12)17-10-8-15(14(17)18)7-4-9-16-11-15/h2-3,5-6,16H,4,7-11H2,1H3. The predicted octanol–water partition coefficient (Wildman–Crippen LogP) is 2.10. The fourth-order valence-electron chi connectivity index (χ4n) is 3.28. The average molecular weight is 244 g/mol. The van der Waals surface area contributed by atoms with E-state index in [0.717, 1.165) is 44.6 Å². The molecule has 2 saturated heterocycles. The molecule has 1 amide bonds. The summed E-state index contributed by atoms with van der Waals surface area (Å²) in [6.45, 7) is 4.85. The molecule has 1 spiro atoms. The lowest BCUT2D eigenvalue weighted by Gasteiger charge is -2.32. The first kappa shape index (κ1) is 11.7. The normalized spacial score (nSPS) is 28.1. The van der Waals surface area contributed by atoms with Crippen LogP contribution in [0.1, 0.15) is 24.8 Å². The van der Waals surface area contributed by atoms with Crippen molar-refractivity contribution in [2.24, 2.45) is 5.41 Å². The third-order valence-electron chi connectivity index (χ3n) is 4.39. The van der Waals surface area contributed by atoms with Crippen molar-refractivity contribution in [3.63, 3.8) is 0 Å². The van der Waals surface area contributed by atoms with E-state index in [1.807, 2.05) is 17.0 Å². The molecule has 3 heteroatoms. The second-order valence-electron chi connectivity index (χ2n) is 5.55. The number of aryl methyl sites for hydroxylation is 1. The molecule has 3 rings (SSSR count). The number of hydrogen-bond acceptors (Lipinski definition) is 2. The number of anilines is 1. The van der Waals surface area contributed by atoms with Crippen molar-refractivity contribution in [1.82, 2.24) is 5.32 Å². The number of hydrogen-bond donors (Lipinski definition) is 1. The molecular formula is C15H20N2O. The fourth-order valence-corrected chi connectivity index (χ4v) is 3.28. The Morgan fingerprint density at radius 1 is 1.28 bits per heavy atom. The molecule has 96 valence electrons. The molecule has 1 atom stereocenters. The third-order valence-corrected chi connectivity index (χ3v) is 4.39. The number of carbonyl (C=O) groups excluding carboxylic acids is 1. The largest absolute Gasteiger partial charge is 0.316 e. The maximum atomic E-state index is 12.7. The number of nitrogens with one attached hydrogen (secondary N) is 1. The van der Waals surface area contributed by atoms with Crippen LogP contribution in [0.3, 0.4) is 0 Å². The van der Waals surface area contributed by atoms with Crippen molar-refractivity contribution in [3.05, 3.63) is 29.8 Å². The van der Waals surface area contributed by atoms with Gasteiger partial charge in [-0.25, -0.2) is 0 Å². The van der Waals surface area contributed by atoms with E-state index in [1.54, 1.807) is 0 Å². The zero-order chi connectivity index (χ0) is 12.6. The van der Waals surface area contributed by atoms with E-state index in [-0.39, 0.29) is 5.41 Å². The van der Waals surface area contributed by atoms with Crippen molar-refractivity contribution in [2.45, 2.75) is 26.2 Å². The SMILES string of the molecule is Cc1ccccc1N1CCC2(CCCNC2)C1=O. The first-order valence-electron chi connectivity index (χ1n) is 6.81. The highest BCUT2D eigenvalue weighted by Crippen LogP contribution is 2.40. The molecule has 0 bridgehead atoms. The summed E-state index contributed by atoms with van der Waals surface area (Å²) in [5, 5.41) is 3.39. The van der Waals surface area contributed by atoms with E-state index < -0.39 is 0 Å². The summed E-state index contributed by atoms with van der Waals surface area (Å²) in [6, 6.07) is 8.17. The van der Waals surface area contributed by atoms with E-state index in [1.165, 1.54) is 5.56 Å². The third kappa shape index (κ3) is 1.74. The molecule has 18 heavy (non-hydrogen) atoms. The summed E-state index contributed by atoms with van der Waals surface area (Å²) in [7, 11) is 0. The molecule has 2 fully saturated rings. The van der Waals surface area contributed by atoms with Crippen LogP contribution >= 0.6 is 0 Å². The molecule has 1 aromatic carbocycles. The minimum Gasteiger partial charge on any atom is -0.316 e. The Hall–Kier alpha value is -1.35. The zero-order valence-corrected chi connectivity index (χ0v) is 10.9. The number of rotatable bonds is 1. The van der Waals surface area contributed by atoms with Gasteiger partial charge >= 0.3 is 0 Å². The highest BCUT2D eigenvalue weighted by Gasteiger charge is 2.47. The predicted molar refractivity (Wildman–Crippen MR) is 72.7 cm³/mol. The summed E-state index contributed by atoms with van der Waals surface area (Å²) < 4.78 is 0. The second kappa shape index (κ2) is 4.39. The van der Waals surface area contributed by atoms with Crippen molar-refractivity contribution in [3.8, 4) is 0 Å². The van der Waals surface area contributed by atoms with Gasteiger partial charge in [-0.3, -0.25) is 4.79 Å². The molecule has 1 unspecified atom stereocenters. The zero-order valence-electron chi connectivity index (χ0n) is 10.9. The number of para-hydroxylation sites is 1. The molecule has 1 N–H and O–H groups in total. The van der Waals surface area contributed by atoms with Crippen LogP contribution < -0.4 is 10.2 Å². The Labute approximate surface area is 108 Å². The average Bonchev–Trinajstić information content (AvgIpc) is 2.69. The number of amides is 1. The molecule has 0 aliphatic carbocycles. The topological polar surface area (TPSA) is 32.3 Å². The van der Waals surface area contributed by atoms with Gasteiger partial charge in [-0.1, -0.05) is 18.2 Å². The number of carbonyl (C=O) groups is 1. The van der Waals surface area contributed by atoms with Crippen LogP contribution in [0, 0.1) is 12.3 Å². The van der Waals surface area contributed by atoms with Gasteiger partial charge in [-0.05, 0) is 44.4 Å². The van der Waals surface area contributed by atoms with Gasteiger partial charge < -0.3 is 10.2 Å². The van der Waals surface area contributed by atoms with Crippen molar-refractivity contribution in [2.75, 3.05) is 24.5 Å². The van der Waals surface area contributed by atoms with Crippen LogP contribution in [0.5, 0.6) is 0 Å². The van der Waals surface area contributed by atoms with Gasteiger partial charge in [-0.15, -0.1) is 0 Å². The van der Waals surface area contributed by atoms with E-state index in [4.69, 9.17) is 0 Å². The number of piperidine rings is 1. The smallest absolute Gasteiger partial charge is 0.234 e. The van der Waals surface area contributed by atoms with Gasteiger partial charge in [-0.2, -0.15) is 0 Å². The van der Waals surface area contributed by atoms with Gasteiger partial charge in [0.1, 0.15) is 0 Å². The van der Waals surface area contributed by atoms with E-state index in [9.17, 15) is 4.79 Å². The molecule has 2 heterocycles. The van der Waals surface area contributed by atoms with Gasteiger partial charge in [0.05, 0.1) is 5.41 Å². The second-order valence-corrected chi connectivity index (χ2v) is 5.55. The summed E-state index contributed by atoms with van der Waals surface area (Å²) in [5.41, 5.74) is 2.15. The highest BCUT2D eigenvalue weighted by molar-refractivity contribution is 6.00. The quantitative estimate of drug-likeness (QED) is 0.820. The van der Waals surface area contributed by atoms with Crippen molar-refractivity contribution >= 4 is 11.6 Å². The molecule has 2 aliphatic rings. The van der Waals surface area contributed by atoms with E-state index in [2.05, 4.69) is 24.4 Å². The molecule has 2 aliphatic heterocycles. The van der Waals surface area contributed by atoms with Crippen LogP contribution in [0.25, 0.3) is 0 Å². The molecule has 0 aromatic heterocycles. The first-order chi connectivity index (χ1) is 8.73. The molecular weight excluding hydrogens is 224 g/mol. The molecule has 3 nitrogen and oxygen atoms in total. The Morgan fingerprint density at radius 2 is 2.11 bits per heavy atom. The van der Waals surface area contributed by atoms with Crippen LogP contribution in [0.2, 0.25) is 0 Å². The monoisotopic (exact) mass is 244 g/mol. The Kier molecular flexibility index (Phi) is 2.86. The van der Waals surface area contributed by atoms with Crippen molar-refractivity contribution in [1.29, 1.82) is 0 Å². The lowest BCUT2D eigenvalue weighted by molar-refractivity contribution is -0.126. The fraction of sp³-hybridized carbons (Fsp3) is 0.533. The van der Waals surface area contributed by atoms with Crippen LogP contribution in [0.4, 0.5) is 5.69 Å². The minimum absolute atomic E-state index is 0.124. The molecule has 0 radical (unpaired) electrons. The summed E-state index contributed by atoms with van der Waals surface area (Å²) in [6.07, 6.45) is 3.15. The highest BCUT2D eigenvalue weighted by atomic mass is 16.2. The van der Waals surface area contributed by atoms with Gasteiger partial charge in [0.25, 0.3) is 0 Å². The Bertz CT molecular complexity index is 463. The molecule has 1 aromatic rings. The summed E-state index contributed by atoms with van der Waals surface area (Å²) >= 11 is 0. The first-order valence-corrected chi connectivity index (χ1v) is 6.81. The number of benzene rings is 1. The van der Waals surface area contributed by atoms with Crippen LogP contribution in [-0.2, 0) is 4.79 Å². The van der Waals surface area contributed by atoms with Crippen LogP contribution in [-0.4, -0.2) is 25.5 Å². The lowest BCUT2D eigenvalue weighted by Crippen LogP contribution is -2.45. The lowest BCUT2D eigenvalue weighted by atomic mass is 9.79. The van der Waals surface area contributed by atoms with Gasteiger partial charge in [0.15, 0.2) is 0 Å². The summed E-state index contributed by atoms with van der Waals surface area (Å²) in [5.74, 6) is 0.323. The van der Waals surface area contributed by atoms with Gasteiger partial charge in [0, 0.05) is 18.8 Å². The van der Waals surface area contributed by atoms with Crippen molar-refractivity contribution < 1.29 is 4.79 Å². The Balaban J connectivity index is 1.89. The molecule has 0 saturated carbocycles.